The van der Waals surface area contributed by atoms with Gasteiger partial charge in [0.05, 0.1) is 19.2 Å². The van der Waals surface area contributed by atoms with Crippen LogP contribution in [0.4, 0.5) is 0 Å². The number of allylic oxidation sites excluding steroid dienone is 6. The van der Waals surface area contributed by atoms with E-state index in [1.165, 1.54) is 6.21 Å². The fourth-order valence-electron chi connectivity index (χ4n) is 2.23. The molecule has 2 N–H and O–H groups in total. The summed E-state index contributed by atoms with van der Waals surface area (Å²) in [5, 5.41) is 3.50. The van der Waals surface area contributed by atoms with Gasteiger partial charge >= 0.3 is 5.97 Å². The zero-order valence-corrected chi connectivity index (χ0v) is 12.5. The van der Waals surface area contributed by atoms with E-state index in [-0.39, 0.29) is 11.9 Å². The van der Waals surface area contributed by atoms with Crippen molar-refractivity contribution in [2.75, 3.05) is 7.11 Å². The monoisotopic (exact) mass is 300 g/mol. The number of hydrazone groups is 1. The number of nitrogens with zero attached hydrogens (tertiary/aromatic N) is 1. The van der Waals surface area contributed by atoms with Gasteiger partial charge in [-0.1, -0.05) is 24.3 Å². The van der Waals surface area contributed by atoms with Gasteiger partial charge in [-0.15, -0.1) is 0 Å². The molecule has 0 bridgehead atoms. The van der Waals surface area contributed by atoms with Gasteiger partial charge in [0.1, 0.15) is 11.9 Å². The van der Waals surface area contributed by atoms with Gasteiger partial charge in [0.2, 0.25) is 0 Å². The molecule has 0 radical (unpaired) electrons. The molecule has 116 valence electrons. The van der Waals surface area contributed by atoms with Crippen LogP contribution in [0.1, 0.15) is 12.8 Å². The molecule has 0 amide bonds. The molecule has 2 aliphatic rings. The first-order valence-electron chi connectivity index (χ1n) is 7.15. The Bertz CT molecular complexity index is 583. The molecule has 0 aliphatic heterocycles. The molecule has 0 fully saturated rings. The highest BCUT2D eigenvalue weighted by Gasteiger charge is 2.21. The lowest BCUT2D eigenvalue weighted by molar-refractivity contribution is -0.148. The number of rotatable bonds is 4. The Kier molecular flexibility index (Phi) is 5.77. The molecular weight excluding hydrogens is 280 g/mol. The predicted octanol–water partition coefficient (Wildman–Crippen LogP) is 2.39. The van der Waals surface area contributed by atoms with E-state index in [9.17, 15) is 4.79 Å². The van der Waals surface area contributed by atoms with Crippen LogP contribution >= 0.6 is 0 Å². The van der Waals surface area contributed by atoms with Crippen LogP contribution in [0, 0.1) is 5.92 Å². The first-order chi connectivity index (χ1) is 10.7. The normalized spacial score (nSPS) is 24.4. The van der Waals surface area contributed by atoms with Gasteiger partial charge in [-0.25, -0.2) is 0 Å². The molecule has 2 atom stereocenters. The van der Waals surface area contributed by atoms with E-state index in [2.05, 4.69) is 5.10 Å². The Morgan fingerprint density at radius 2 is 2.23 bits per heavy atom. The minimum absolute atomic E-state index is 0.231. The third-order valence-electron chi connectivity index (χ3n) is 3.37. The van der Waals surface area contributed by atoms with E-state index in [1.54, 1.807) is 31.4 Å². The molecule has 5 nitrogen and oxygen atoms in total. The minimum Gasteiger partial charge on any atom is -0.497 e. The van der Waals surface area contributed by atoms with E-state index >= 15 is 0 Å². The maximum atomic E-state index is 12.3. The predicted molar refractivity (Wildman–Crippen MR) is 85.9 cm³/mol. The van der Waals surface area contributed by atoms with Crippen LogP contribution in [0.3, 0.4) is 0 Å². The SMILES string of the molecule is COC1=CC(OC(=O)C2C=CC=CCC2)C=C(/C=N/N)C=C1. The lowest BCUT2D eigenvalue weighted by atomic mass is 10.0. The molecule has 2 rings (SSSR count). The number of esters is 1. The lowest BCUT2D eigenvalue weighted by Gasteiger charge is -2.15. The summed E-state index contributed by atoms with van der Waals surface area (Å²) in [5.41, 5.74) is 0.752. The second-order valence-corrected chi connectivity index (χ2v) is 4.95. The number of hydrogen-bond acceptors (Lipinski definition) is 5. The van der Waals surface area contributed by atoms with Crippen LogP contribution in [-0.4, -0.2) is 25.4 Å². The topological polar surface area (TPSA) is 73.9 Å². The quantitative estimate of drug-likeness (QED) is 0.374. The maximum absolute atomic E-state index is 12.3. The zero-order chi connectivity index (χ0) is 15.8. The van der Waals surface area contributed by atoms with Crippen molar-refractivity contribution >= 4 is 12.2 Å². The van der Waals surface area contributed by atoms with Crippen LogP contribution in [0.25, 0.3) is 0 Å². The summed E-state index contributed by atoms with van der Waals surface area (Å²) >= 11 is 0. The van der Waals surface area contributed by atoms with Crippen molar-refractivity contribution in [1.29, 1.82) is 0 Å². The molecule has 0 saturated carbocycles. The standard InChI is InChI=1S/C17H20N2O3/c1-21-15-9-8-13(12-19-18)10-16(11-15)22-17(20)14-6-4-2-3-5-7-14/h2-4,6,8-12,14,16H,5,7,18H2,1H3/b19-12+. The molecule has 0 aromatic rings. The summed E-state index contributed by atoms with van der Waals surface area (Å²) in [6.07, 6.45) is 17.4. The summed E-state index contributed by atoms with van der Waals surface area (Å²) in [6.45, 7) is 0. The van der Waals surface area contributed by atoms with Gasteiger partial charge in [0, 0.05) is 6.08 Å². The van der Waals surface area contributed by atoms with E-state index in [0.717, 1.165) is 18.4 Å². The molecule has 0 spiro atoms. The third-order valence-corrected chi connectivity index (χ3v) is 3.37. The average molecular weight is 300 g/mol. The van der Waals surface area contributed by atoms with Crippen LogP contribution in [0.5, 0.6) is 0 Å². The van der Waals surface area contributed by atoms with Crippen molar-refractivity contribution in [3.63, 3.8) is 0 Å². The Labute approximate surface area is 130 Å². The number of carbonyl (C=O) groups is 1. The average Bonchev–Trinajstić information content (AvgIpc) is 2.88. The van der Waals surface area contributed by atoms with E-state index in [0.29, 0.717) is 5.76 Å². The van der Waals surface area contributed by atoms with E-state index in [1.807, 2.05) is 24.3 Å². The second kappa shape index (κ2) is 8.02. The Balaban J connectivity index is 2.11. The fraction of sp³-hybridized carbons (Fsp3) is 0.294. The summed E-state index contributed by atoms with van der Waals surface area (Å²) < 4.78 is 10.8. The lowest BCUT2D eigenvalue weighted by Crippen LogP contribution is -2.21. The van der Waals surface area contributed by atoms with Crippen molar-refractivity contribution < 1.29 is 14.3 Å². The molecule has 0 aromatic heterocycles. The number of ether oxygens (including phenoxy) is 2. The fourth-order valence-corrected chi connectivity index (χ4v) is 2.23. The minimum atomic E-state index is -0.518. The molecule has 2 aliphatic carbocycles. The smallest absolute Gasteiger partial charge is 0.313 e. The van der Waals surface area contributed by atoms with Crippen LogP contribution in [0.2, 0.25) is 0 Å². The van der Waals surface area contributed by atoms with Crippen LogP contribution in [0.15, 0.2) is 65.0 Å². The summed E-state index contributed by atoms with van der Waals surface area (Å²) in [6, 6.07) is 0. The van der Waals surface area contributed by atoms with E-state index < -0.39 is 6.10 Å². The number of methoxy groups -OCH3 is 1. The molecule has 0 heterocycles. The number of hydrogen-bond donors (Lipinski definition) is 1. The Morgan fingerprint density at radius 1 is 1.36 bits per heavy atom. The highest BCUT2D eigenvalue weighted by atomic mass is 16.5. The zero-order valence-electron chi connectivity index (χ0n) is 12.5. The molecule has 0 saturated heterocycles. The van der Waals surface area contributed by atoms with Gasteiger partial charge in [0.15, 0.2) is 0 Å². The van der Waals surface area contributed by atoms with Crippen molar-refractivity contribution in [2.45, 2.75) is 18.9 Å². The first kappa shape index (κ1) is 15.8. The highest BCUT2D eigenvalue weighted by molar-refractivity contribution is 5.83. The molecule has 2 unspecified atom stereocenters. The van der Waals surface area contributed by atoms with Gasteiger partial charge < -0.3 is 15.3 Å². The summed E-state index contributed by atoms with van der Waals surface area (Å²) in [4.78, 5) is 12.3. The molecule has 0 aromatic carbocycles. The van der Waals surface area contributed by atoms with Crippen LogP contribution < -0.4 is 5.84 Å². The molecular formula is C17H20N2O3. The van der Waals surface area contributed by atoms with Crippen molar-refractivity contribution in [2.24, 2.45) is 16.9 Å². The second-order valence-electron chi connectivity index (χ2n) is 4.95. The molecule has 5 heteroatoms. The van der Waals surface area contributed by atoms with Crippen molar-refractivity contribution in [3.05, 3.63) is 59.9 Å². The highest BCUT2D eigenvalue weighted by Crippen LogP contribution is 2.18. The van der Waals surface area contributed by atoms with Gasteiger partial charge in [-0.3, -0.25) is 4.79 Å². The first-order valence-corrected chi connectivity index (χ1v) is 7.15. The largest absolute Gasteiger partial charge is 0.497 e. The Morgan fingerprint density at radius 3 is 3.00 bits per heavy atom. The third kappa shape index (κ3) is 4.48. The molecule has 22 heavy (non-hydrogen) atoms. The summed E-state index contributed by atoms with van der Waals surface area (Å²) in [7, 11) is 1.57. The van der Waals surface area contributed by atoms with Gasteiger partial charge in [-0.05, 0) is 36.6 Å². The number of carbonyl (C=O) groups excluding carboxylic acids is 1. The van der Waals surface area contributed by atoms with Crippen molar-refractivity contribution in [1.82, 2.24) is 0 Å². The number of nitrogens with two attached hydrogens (primary N) is 1. The van der Waals surface area contributed by atoms with Gasteiger partial charge in [0.25, 0.3) is 0 Å². The maximum Gasteiger partial charge on any atom is 0.313 e. The van der Waals surface area contributed by atoms with Gasteiger partial charge in [-0.2, -0.15) is 5.10 Å². The van der Waals surface area contributed by atoms with Crippen LogP contribution in [-0.2, 0) is 14.3 Å². The summed E-state index contributed by atoms with van der Waals surface area (Å²) in [5.74, 6) is 5.32. The van der Waals surface area contributed by atoms with Crippen molar-refractivity contribution in [3.8, 4) is 0 Å². The van der Waals surface area contributed by atoms with E-state index in [4.69, 9.17) is 15.3 Å². The Hall–Kier alpha value is -2.56.